The molecular weight excluding hydrogens is 300 g/mol. The summed E-state index contributed by atoms with van der Waals surface area (Å²) in [6.45, 7) is 2.59. The average molecular weight is 319 g/mol. The molecule has 1 aliphatic heterocycles. The minimum atomic E-state index is -4.21. The number of rotatable bonds is 5. The summed E-state index contributed by atoms with van der Waals surface area (Å²) in [4.78, 5) is 1.18. The fraction of sp³-hybridized carbons (Fsp3) is 0.538. The van der Waals surface area contributed by atoms with E-state index in [0.717, 1.165) is 42.4 Å². The highest BCUT2D eigenvalue weighted by Gasteiger charge is 2.29. The van der Waals surface area contributed by atoms with E-state index in [1.165, 1.54) is 7.05 Å². The Morgan fingerprint density at radius 3 is 2.29 bits per heavy atom. The van der Waals surface area contributed by atoms with E-state index in [4.69, 9.17) is 5.73 Å². The van der Waals surface area contributed by atoms with Gasteiger partial charge in [0.25, 0.3) is 0 Å². The molecular formula is C13H19F2N3O2S. The Bertz CT molecular complexity index is 593. The molecule has 1 saturated heterocycles. The minimum absolute atomic E-state index is 0.149. The van der Waals surface area contributed by atoms with E-state index >= 15 is 0 Å². The molecule has 21 heavy (non-hydrogen) atoms. The minimum Gasteiger partial charge on any atom is -0.399 e. The van der Waals surface area contributed by atoms with Gasteiger partial charge in [0.2, 0.25) is 10.0 Å². The van der Waals surface area contributed by atoms with Gasteiger partial charge in [-0.1, -0.05) is 0 Å². The van der Waals surface area contributed by atoms with Crippen LogP contribution in [-0.4, -0.2) is 50.8 Å². The van der Waals surface area contributed by atoms with Crippen LogP contribution in [0, 0.1) is 11.6 Å². The fourth-order valence-corrected chi connectivity index (χ4v) is 3.63. The number of likely N-dealkylation sites (tertiary alicyclic amines) is 1. The number of hydrogen-bond donors (Lipinski definition) is 1. The third-order valence-electron chi connectivity index (χ3n) is 3.62. The van der Waals surface area contributed by atoms with E-state index < -0.39 is 26.6 Å². The van der Waals surface area contributed by atoms with E-state index in [-0.39, 0.29) is 12.2 Å². The molecule has 118 valence electrons. The molecule has 0 aromatic heterocycles. The first kappa shape index (κ1) is 16.1. The van der Waals surface area contributed by atoms with E-state index in [9.17, 15) is 17.2 Å². The highest BCUT2D eigenvalue weighted by Crippen LogP contribution is 2.24. The number of likely N-dealkylation sites (N-methyl/N-ethyl adjacent to an activating group) is 1. The molecule has 0 amide bonds. The van der Waals surface area contributed by atoms with Crippen molar-refractivity contribution in [3.63, 3.8) is 0 Å². The molecule has 1 aliphatic rings. The lowest BCUT2D eigenvalue weighted by atomic mass is 10.3. The van der Waals surface area contributed by atoms with Gasteiger partial charge in [0, 0.05) is 25.8 Å². The van der Waals surface area contributed by atoms with Crippen molar-refractivity contribution in [2.24, 2.45) is 0 Å². The van der Waals surface area contributed by atoms with Gasteiger partial charge in [0.05, 0.1) is 0 Å². The topological polar surface area (TPSA) is 66.6 Å². The Balaban J connectivity index is 2.17. The molecule has 0 aliphatic carbocycles. The summed E-state index contributed by atoms with van der Waals surface area (Å²) in [6.07, 6.45) is 2.19. The molecule has 8 heteroatoms. The molecule has 0 bridgehead atoms. The summed E-state index contributed by atoms with van der Waals surface area (Å²) in [5.74, 6) is -2.33. The predicted octanol–water partition coefficient (Wildman–Crippen LogP) is 1.26. The Labute approximate surface area is 123 Å². The first-order valence-corrected chi connectivity index (χ1v) is 8.19. The van der Waals surface area contributed by atoms with Gasteiger partial charge < -0.3 is 10.6 Å². The van der Waals surface area contributed by atoms with Crippen molar-refractivity contribution in [1.82, 2.24) is 9.21 Å². The van der Waals surface area contributed by atoms with Crippen LogP contribution in [0.4, 0.5) is 14.5 Å². The smallest absolute Gasteiger partial charge is 0.248 e. The van der Waals surface area contributed by atoms with Gasteiger partial charge in [0.1, 0.15) is 11.6 Å². The number of hydrogen-bond acceptors (Lipinski definition) is 4. The highest BCUT2D eigenvalue weighted by molar-refractivity contribution is 7.89. The molecule has 1 fully saturated rings. The van der Waals surface area contributed by atoms with Crippen molar-refractivity contribution >= 4 is 15.7 Å². The maximum Gasteiger partial charge on any atom is 0.248 e. The Hall–Kier alpha value is -1.25. The third kappa shape index (κ3) is 3.50. The highest BCUT2D eigenvalue weighted by atomic mass is 32.2. The van der Waals surface area contributed by atoms with Gasteiger partial charge in [-0.25, -0.2) is 17.2 Å². The zero-order chi connectivity index (χ0) is 15.6. The van der Waals surface area contributed by atoms with Gasteiger partial charge >= 0.3 is 0 Å². The van der Waals surface area contributed by atoms with Crippen LogP contribution in [0.15, 0.2) is 17.0 Å². The quantitative estimate of drug-likeness (QED) is 0.830. The third-order valence-corrected chi connectivity index (χ3v) is 5.53. The molecule has 5 nitrogen and oxygen atoms in total. The van der Waals surface area contributed by atoms with Gasteiger partial charge in [-0.3, -0.25) is 0 Å². The van der Waals surface area contributed by atoms with E-state index in [0.29, 0.717) is 6.54 Å². The van der Waals surface area contributed by atoms with Gasteiger partial charge in [-0.05, 0) is 38.1 Å². The van der Waals surface area contributed by atoms with E-state index in [1.54, 1.807) is 0 Å². The zero-order valence-corrected chi connectivity index (χ0v) is 12.7. The SMILES string of the molecule is CN(CCN1CCCC1)S(=O)(=O)c1c(F)cc(N)cc1F. The van der Waals surface area contributed by atoms with Gasteiger partial charge in [0.15, 0.2) is 4.90 Å². The monoisotopic (exact) mass is 319 g/mol. The molecule has 1 heterocycles. The molecule has 0 spiro atoms. The van der Waals surface area contributed by atoms with E-state index in [1.807, 2.05) is 0 Å². The molecule has 2 N–H and O–H groups in total. The van der Waals surface area contributed by atoms with Crippen molar-refractivity contribution < 1.29 is 17.2 Å². The molecule has 1 aromatic carbocycles. The number of benzene rings is 1. The van der Waals surface area contributed by atoms with Crippen molar-refractivity contribution in [1.29, 1.82) is 0 Å². The molecule has 1 aromatic rings. The van der Waals surface area contributed by atoms with Gasteiger partial charge in [-0.2, -0.15) is 4.31 Å². The van der Waals surface area contributed by atoms with Crippen LogP contribution in [0.5, 0.6) is 0 Å². The Morgan fingerprint density at radius 1 is 1.24 bits per heavy atom. The maximum absolute atomic E-state index is 13.8. The molecule has 2 rings (SSSR count). The van der Waals surface area contributed by atoms with E-state index in [2.05, 4.69) is 4.90 Å². The number of halogens is 2. The lowest BCUT2D eigenvalue weighted by molar-refractivity contribution is 0.309. The first-order chi connectivity index (χ1) is 9.82. The lowest BCUT2D eigenvalue weighted by Gasteiger charge is -2.21. The molecule has 0 atom stereocenters. The summed E-state index contributed by atoms with van der Waals surface area (Å²) in [6, 6.07) is 1.62. The van der Waals surface area contributed by atoms with Crippen LogP contribution in [-0.2, 0) is 10.0 Å². The summed E-state index contributed by atoms with van der Waals surface area (Å²) in [5, 5.41) is 0. The second-order valence-corrected chi connectivity index (χ2v) is 7.17. The van der Waals surface area contributed by atoms with Crippen molar-refractivity contribution in [3.8, 4) is 0 Å². The predicted molar refractivity (Wildman–Crippen MR) is 76.3 cm³/mol. The first-order valence-electron chi connectivity index (χ1n) is 6.75. The number of nitrogen functional groups attached to an aromatic ring is 1. The number of nitrogens with zero attached hydrogens (tertiary/aromatic N) is 2. The summed E-state index contributed by atoms with van der Waals surface area (Å²) in [5.41, 5.74) is 5.14. The maximum atomic E-state index is 13.8. The van der Waals surface area contributed by atoms with Crippen LogP contribution in [0.1, 0.15) is 12.8 Å². The van der Waals surface area contributed by atoms with Crippen molar-refractivity contribution in [2.45, 2.75) is 17.7 Å². The summed E-state index contributed by atoms with van der Waals surface area (Å²) >= 11 is 0. The normalized spacial score (nSPS) is 16.8. The van der Waals surface area contributed by atoms with Crippen LogP contribution in [0.2, 0.25) is 0 Å². The van der Waals surface area contributed by atoms with Crippen LogP contribution >= 0.6 is 0 Å². The molecule has 0 saturated carbocycles. The fourth-order valence-electron chi connectivity index (χ4n) is 2.39. The zero-order valence-electron chi connectivity index (χ0n) is 11.8. The molecule has 0 unspecified atom stereocenters. The van der Waals surface area contributed by atoms with Gasteiger partial charge in [-0.15, -0.1) is 0 Å². The standard InChI is InChI=1S/C13H19F2N3O2S/c1-17(6-7-18-4-2-3-5-18)21(19,20)13-11(14)8-10(16)9-12(13)15/h8-9H,2-7,16H2,1H3. The van der Waals surface area contributed by atoms with Crippen LogP contribution < -0.4 is 5.73 Å². The van der Waals surface area contributed by atoms with Crippen LogP contribution in [0.25, 0.3) is 0 Å². The molecule has 0 radical (unpaired) electrons. The largest absolute Gasteiger partial charge is 0.399 e. The summed E-state index contributed by atoms with van der Waals surface area (Å²) in [7, 11) is -2.89. The number of sulfonamides is 1. The Kier molecular flexibility index (Phi) is 4.80. The van der Waals surface area contributed by atoms with Crippen molar-refractivity contribution in [2.75, 3.05) is 39.0 Å². The van der Waals surface area contributed by atoms with Crippen LogP contribution in [0.3, 0.4) is 0 Å². The number of nitrogens with two attached hydrogens (primary N) is 1. The second-order valence-electron chi connectivity index (χ2n) is 5.19. The lowest BCUT2D eigenvalue weighted by Crippen LogP contribution is -2.36. The summed E-state index contributed by atoms with van der Waals surface area (Å²) < 4.78 is 53.1. The van der Waals surface area contributed by atoms with Crippen molar-refractivity contribution in [3.05, 3.63) is 23.8 Å². The Morgan fingerprint density at radius 2 is 1.76 bits per heavy atom. The number of anilines is 1. The second kappa shape index (κ2) is 6.25. The average Bonchev–Trinajstić information content (AvgIpc) is 2.87.